The number of carbonyl (C=O) groups excluding carboxylic acids is 3. The summed E-state index contributed by atoms with van der Waals surface area (Å²) in [5, 5.41) is 0. The first-order chi connectivity index (χ1) is 41.0. The van der Waals surface area contributed by atoms with Crippen LogP contribution in [0, 0.1) is 0 Å². The van der Waals surface area contributed by atoms with Crippen molar-refractivity contribution in [3.8, 4) is 0 Å². The predicted octanol–water partition coefficient (Wildman–Crippen LogP) is 25.9. The number of carbonyl (C=O) groups is 3. The molecule has 1 atom stereocenters. The molecule has 83 heavy (non-hydrogen) atoms. The van der Waals surface area contributed by atoms with Gasteiger partial charge in [0.1, 0.15) is 13.2 Å². The summed E-state index contributed by atoms with van der Waals surface area (Å²) >= 11 is 0. The first-order valence-electron chi connectivity index (χ1n) is 37.5. The standard InChI is InChI=1S/C77H144O6/c1-4-7-10-13-16-19-22-25-27-29-31-33-35-36-37-38-39-40-42-43-45-47-49-52-55-58-61-64-67-70-76(79)82-73-74(72-81-75(78)69-66-63-60-57-54-51-24-21-18-15-12-9-6-3)83-77(80)71-68-65-62-59-56-53-50-48-46-44-41-34-32-30-28-26-23-20-17-14-11-8-5-2/h21-22,24-25,29,31,74H,4-20,23,26-28,30,32-73H2,1-3H3/b24-21-,25-22-,31-29-. The van der Waals surface area contributed by atoms with Crippen LogP contribution in [-0.4, -0.2) is 37.2 Å². The summed E-state index contributed by atoms with van der Waals surface area (Å²) in [4.78, 5) is 38.5. The molecule has 0 aliphatic carbocycles. The molecule has 0 fully saturated rings. The van der Waals surface area contributed by atoms with Gasteiger partial charge < -0.3 is 14.2 Å². The molecule has 0 aromatic heterocycles. The van der Waals surface area contributed by atoms with Gasteiger partial charge in [0.25, 0.3) is 0 Å². The second-order valence-corrected chi connectivity index (χ2v) is 25.6. The largest absolute Gasteiger partial charge is 0.462 e. The summed E-state index contributed by atoms with van der Waals surface area (Å²) in [5.74, 6) is -0.845. The molecular weight excluding hydrogens is 1020 g/mol. The summed E-state index contributed by atoms with van der Waals surface area (Å²) in [6.07, 6.45) is 90.5. The van der Waals surface area contributed by atoms with Crippen LogP contribution >= 0.6 is 0 Å². The van der Waals surface area contributed by atoms with Gasteiger partial charge in [-0.15, -0.1) is 0 Å². The van der Waals surface area contributed by atoms with E-state index in [9.17, 15) is 14.4 Å². The molecule has 0 saturated heterocycles. The lowest BCUT2D eigenvalue weighted by Gasteiger charge is -2.18. The fourth-order valence-electron chi connectivity index (χ4n) is 11.5. The average molecular weight is 1170 g/mol. The Morgan fingerprint density at radius 2 is 0.434 bits per heavy atom. The van der Waals surface area contributed by atoms with Crippen LogP contribution in [0.5, 0.6) is 0 Å². The van der Waals surface area contributed by atoms with Crippen molar-refractivity contribution in [2.75, 3.05) is 13.2 Å². The van der Waals surface area contributed by atoms with Crippen LogP contribution < -0.4 is 0 Å². The Labute approximate surface area is 518 Å². The monoisotopic (exact) mass is 1170 g/mol. The number of unbranched alkanes of at least 4 members (excludes halogenated alkanes) is 53. The fraction of sp³-hybridized carbons (Fsp3) is 0.883. The lowest BCUT2D eigenvalue weighted by atomic mass is 10.0. The molecule has 0 aromatic carbocycles. The van der Waals surface area contributed by atoms with Crippen molar-refractivity contribution >= 4 is 17.9 Å². The Morgan fingerprint density at radius 1 is 0.241 bits per heavy atom. The van der Waals surface area contributed by atoms with E-state index in [2.05, 4.69) is 57.2 Å². The molecule has 0 amide bonds. The van der Waals surface area contributed by atoms with E-state index in [0.29, 0.717) is 19.3 Å². The molecule has 0 aliphatic rings. The molecule has 0 aliphatic heterocycles. The Morgan fingerprint density at radius 3 is 0.687 bits per heavy atom. The molecule has 1 unspecified atom stereocenters. The van der Waals surface area contributed by atoms with Crippen LogP contribution in [-0.2, 0) is 28.6 Å². The smallest absolute Gasteiger partial charge is 0.306 e. The van der Waals surface area contributed by atoms with Crippen molar-refractivity contribution in [3.05, 3.63) is 36.5 Å². The Bertz CT molecular complexity index is 1380. The SMILES string of the molecule is CCCCCC/C=C\CCCCCCCC(=O)OCC(COC(=O)CCCCCCCCCCCCCCCCCCC/C=C\C/C=C\CCCCCCC)OC(=O)CCCCCCCCCCCCCCCCCCCCCCCCC. The number of allylic oxidation sites excluding steroid dienone is 6. The Hall–Kier alpha value is -2.37. The number of ether oxygens (including phenoxy) is 3. The van der Waals surface area contributed by atoms with Gasteiger partial charge in [-0.3, -0.25) is 14.4 Å². The molecule has 0 saturated carbocycles. The van der Waals surface area contributed by atoms with Crippen molar-refractivity contribution in [1.29, 1.82) is 0 Å². The molecule has 0 aromatic rings. The van der Waals surface area contributed by atoms with Crippen molar-refractivity contribution in [2.45, 2.75) is 425 Å². The van der Waals surface area contributed by atoms with Crippen molar-refractivity contribution in [3.63, 3.8) is 0 Å². The molecule has 0 heterocycles. The van der Waals surface area contributed by atoms with E-state index in [1.807, 2.05) is 0 Å². The second-order valence-electron chi connectivity index (χ2n) is 25.6. The molecule has 0 bridgehead atoms. The minimum atomic E-state index is -0.773. The van der Waals surface area contributed by atoms with E-state index in [-0.39, 0.29) is 31.1 Å². The maximum atomic E-state index is 13.0. The molecule has 488 valence electrons. The highest BCUT2D eigenvalue weighted by molar-refractivity contribution is 5.71. The highest BCUT2D eigenvalue weighted by atomic mass is 16.6. The Kier molecular flexibility index (Phi) is 70.0. The van der Waals surface area contributed by atoms with E-state index in [1.165, 1.54) is 308 Å². The minimum Gasteiger partial charge on any atom is -0.462 e. The minimum absolute atomic E-state index is 0.0687. The van der Waals surface area contributed by atoms with Gasteiger partial charge in [0.05, 0.1) is 0 Å². The zero-order valence-electron chi connectivity index (χ0n) is 56.2. The van der Waals surface area contributed by atoms with Crippen LogP contribution in [0.25, 0.3) is 0 Å². The zero-order chi connectivity index (χ0) is 59.9. The molecular formula is C77H144O6. The molecule has 0 rings (SSSR count). The van der Waals surface area contributed by atoms with Crippen LogP contribution in [0.2, 0.25) is 0 Å². The number of esters is 3. The maximum absolute atomic E-state index is 13.0. The first kappa shape index (κ1) is 80.6. The van der Waals surface area contributed by atoms with E-state index in [1.54, 1.807) is 0 Å². The third kappa shape index (κ3) is 70.3. The third-order valence-electron chi connectivity index (χ3n) is 17.1. The fourth-order valence-corrected chi connectivity index (χ4v) is 11.5. The van der Waals surface area contributed by atoms with E-state index in [4.69, 9.17) is 14.2 Å². The maximum Gasteiger partial charge on any atom is 0.306 e. The molecule has 0 N–H and O–H groups in total. The number of hydrogen-bond acceptors (Lipinski definition) is 6. The normalized spacial score (nSPS) is 12.2. The van der Waals surface area contributed by atoms with Crippen LogP contribution in [0.4, 0.5) is 0 Å². The van der Waals surface area contributed by atoms with Crippen molar-refractivity contribution in [2.24, 2.45) is 0 Å². The van der Waals surface area contributed by atoms with Crippen LogP contribution in [0.15, 0.2) is 36.5 Å². The zero-order valence-corrected chi connectivity index (χ0v) is 56.2. The van der Waals surface area contributed by atoms with E-state index < -0.39 is 6.10 Å². The summed E-state index contributed by atoms with van der Waals surface area (Å²) in [6, 6.07) is 0. The van der Waals surface area contributed by atoms with Gasteiger partial charge in [-0.1, -0.05) is 359 Å². The highest BCUT2D eigenvalue weighted by Crippen LogP contribution is 2.19. The lowest BCUT2D eigenvalue weighted by molar-refractivity contribution is -0.167. The highest BCUT2D eigenvalue weighted by Gasteiger charge is 2.20. The van der Waals surface area contributed by atoms with Gasteiger partial charge in [0, 0.05) is 19.3 Å². The topological polar surface area (TPSA) is 78.9 Å². The van der Waals surface area contributed by atoms with E-state index in [0.717, 1.165) is 70.6 Å². The Balaban J connectivity index is 4.18. The average Bonchev–Trinajstić information content (AvgIpc) is 3.49. The lowest BCUT2D eigenvalue weighted by Crippen LogP contribution is -2.30. The van der Waals surface area contributed by atoms with Gasteiger partial charge >= 0.3 is 17.9 Å². The number of hydrogen-bond donors (Lipinski definition) is 0. The van der Waals surface area contributed by atoms with Gasteiger partial charge in [-0.2, -0.15) is 0 Å². The quantitative estimate of drug-likeness (QED) is 0.0261. The first-order valence-corrected chi connectivity index (χ1v) is 37.5. The second kappa shape index (κ2) is 72.1. The summed E-state index contributed by atoms with van der Waals surface area (Å²) in [6.45, 7) is 6.69. The van der Waals surface area contributed by atoms with Crippen LogP contribution in [0.1, 0.15) is 419 Å². The molecule has 6 nitrogen and oxygen atoms in total. The van der Waals surface area contributed by atoms with Gasteiger partial charge in [-0.25, -0.2) is 0 Å². The predicted molar refractivity (Wildman–Crippen MR) is 362 cm³/mol. The van der Waals surface area contributed by atoms with Gasteiger partial charge in [0.2, 0.25) is 0 Å². The summed E-state index contributed by atoms with van der Waals surface area (Å²) in [7, 11) is 0. The van der Waals surface area contributed by atoms with Gasteiger partial charge in [0.15, 0.2) is 6.10 Å². The molecule has 6 heteroatoms. The van der Waals surface area contributed by atoms with E-state index >= 15 is 0 Å². The van der Waals surface area contributed by atoms with Crippen LogP contribution in [0.3, 0.4) is 0 Å². The molecule has 0 radical (unpaired) electrons. The molecule has 0 spiro atoms. The number of rotatable bonds is 70. The third-order valence-corrected chi connectivity index (χ3v) is 17.1. The summed E-state index contributed by atoms with van der Waals surface area (Å²) in [5.41, 5.74) is 0. The van der Waals surface area contributed by atoms with Gasteiger partial charge in [-0.05, 0) is 77.0 Å². The van der Waals surface area contributed by atoms with Crippen molar-refractivity contribution < 1.29 is 28.6 Å². The summed E-state index contributed by atoms with van der Waals surface area (Å²) < 4.78 is 17.0. The van der Waals surface area contributed by atoms with Crippen molar-refractivity contribution in [1.82, 2.24) is 0 Å².